The molecule has 0 atom stereocenters. The van der Waals surface area contributed by atoms with Crippen LogP contribution >= 0.6 is 11.6 Å². The van der Waals surface area contributed by atoms with E-state index in [4.69, 9.17) is 35.3 Å². The van der Waals surface area contributed by atoms with Gasteiger partial charge in [0.15, 0.2) is 18.1 Å². The molecule has 1 aliphatic heterocycles. The van der Waals surface area contributed by atoms with Crippen LogP contribution in [0.4, 0.5) is 5.69 Å². The van der Waals surface area contributed by atoms with Gasteiger partial charge in [0.25, 0.3) is 5.91 Å². The SMILES string of the molecule is COc1cc(OC)c(NC(=O)COC(=O)C2(c3ccc4c(c3)OCCO4)CCCC2)cc1Cl. The van der Waals surface area contributed by atoms with E-state index in [1.807, 2.05) is 18.2 Å². The molecule has 2 aliphatic rings. The summed E-state index contributed by atoms with van der Waals surface area (Å²) in [7, 11) is 2.95. The Balaban J connectivity index is 1.46. The average Bonchev–Trinajstić information content (AvgIpc) is 3.34. The van der Waals surface area contributed by atoms with Crippen molar-refractivity contribution in [3.8, 4) is 23.0 Å². The maximum absolute atomic E-state index is 13.2. The van der Waals surface area contributed by atoms with Crippen molar-refractivity contribution in [2.45, 2.75) is 31.1 Å². The number of hydrogen-bond acceptors (Lipinski definition) is 7. The molecule has 4 rings (SSSR count). The van der Waals surface area contributed by atoms with E-state index >= 15 is 0 Å². The molecule has 0 bridgehead atoms. The number of fused-ring (bicyclic) bond motifs is 1. The molecule has 2 aromatic carbocycles. The van der Waals surface area contributed by atoms with E-state index in [0.29, 0.717) is 59.8 Å². The maximum atomic E-state index is 13.2. The van der Waals surface area contributed by atoms with E-state index in [1.165, 1.54) is 20.3 Å². The minimum absolute atomic E-state index is 0.314. The summed E-state index contributed by atoms with van der Waals surface area (Å²) in [4.78, 5) is 25.8. The molecule has 1 aliphatic carbocycles. The molecule has 33 heavy (non-hydrogen) atoms. The summed E-state index contributed by atoms with van der Waals surface area (Å²) in [6.45, 7) is 0.531. The molecule has 2 aromatic rings. The second kappa shape index (κ2) is 9.79. The van der Waals surface area contributed by atoms with Crippen LogP contribution in [0, 0.1) is 0 Å². The van der Waals surface area contributed by atoms with Gasteiger partial charge >= 0.3 is 5.97 Å². The van der Waals surface area contributed by atoms with Gasteiger partial charge in [0.2, 0.25) is 0 Å². The third-order valence-electron chi connectivity index (χ3n) is 6.02. The van der Waals surface area contributed by atoms with Gasteiger partial charge in [0.05, 0.1) is 30.3 Å². The summed E-state index contributed by atoms with van der Waals surface area (Å²) >= 11 is 6.16. The molecule has 1 amide bonds. The van der Waals surface area contributed by atoms with Gasteiger partial charge in [0, 0.05) is 6.07 Å². The van der Waals surface area contributed by atoms with Crippen molar-refractivity contribution < 1.29 is 33.3 Å². The topological polar surface area (TPSA) is 92.3 Å². The van der Waals surface area contributed by atoms with Gasteiger partial charge in [-0.2, -0.15) is 0 Å². The highest BCUT2D eigenvalue weighted by Crippen LogP contribution is 2.45. The highest BCUT2D eigenvalue weighted by atomic mass is 35.5. The molecule has 0 saturated heterocycles. The van der Waals surface area contributed by atoms with Gasteiger partial charge in [-0.1, -0.05) is 30.5 Å². The number of rotatable bonds is 7. The zero-order valence-corrected chi connectivity index (χ0v) is 19.3. The van der Waals surface area contributed by atoms with E-state index in [0.717, 1.165) is 18.4 Å². The second-order valence-corrected chi connectivity index (χ2v) is 8.37. The number of anilines is 1. The number of benzene rings is 2. The monoisotopic (exact) mass is 475 g/mol. The van der Waals surface area contributed by atoms with Crippen LogP contribution in [-0.4, -0.2) is 45.9 Å². The Hall–Kier alpha value is -3.13. The molecule has 1 N–H and O–H groups in total. The molecular weight excluding hydrogens is 450 g/mol. The van der Waals surface area contributed by atoms with Crippen molar-refractivity contribution in [3.63, 3.8) is 0 Å². The normalized spacial score (nSPS) is 16.1. The van der Waals surface area contributed by atoms with Crippen LogP contribution in [0.5, 0.6) is 23.0 Å². The maximum Gasteiger partial charge on any atom is 0.317 e. The van der Waals surface area contributed by atoms with Crippen molar-refractivity contribution in [1.82, 2.24) is 0 Å². The lowest BCUT2D eigenvalue weighted by Crippen LogP contribution is -2.36. The highest BCUT2D eigenvalue weighted by Gasteiger charge is 2.45. The molecule has 1 heterocycles. The van der Waals surface area contributed by atoms with Gasteiger partial charge < -0.3 is 29.0 Å². The van der Waals surface area contributed by atoms with E-state index in [-0.39, 0.29) is 0 Å². The number of carbonyl (C=O) groups excluding carboxylic acids is 2. The quantitative estimate of drug-likeness (QED) is 0.602. The lowest BCUT2D eigenvalue weighted by Gasteiger charge is -2.28. The minimum atomic E-state index is -0.808. The Morgan fingerprint density at radius 1 is 1.00 bits per heavy atom. The van der Waals surface area contributed by atoms with E-state index in [2.05, 4.69) is 5.32 Å². The van der Waals surface area contributed by atoms with Crippen LogP contribution in [-0.2, 0) is 19.7 Å². The molecular formula is C24H26ClNO7. The van der Waals surface area contributed by atoms with E-state index in [9.17, 15) is 9.59 Å². The third kappa shape index (κ3) is 4.66. The summed E-state index contributed by atoms with van der Waals surface area (Å²) in [6, 6.07) is 8.64. The second-order valence-electron chi connectivity index (χ2n) is 7.96. The first-order valence-corrected chi connectivity index (χ1v) is 11.1. The number of amides is 1. The zero-order chi connectivity index (χ0) is 23.4. The molecule has 9 heteroatoms. The Morgan fingerprint density at radius 2 is 1.70 bits per heavy atom. The predicted molar refractivity (Wildman–Crippen MR) is 122 cm³/mol. The highest BCUT2D eigenvalue weighted by molar-refractivity contribution is 6.32. The number of nitrogens with one attached hydrogen (secondary N) is 1. The average molecular weight is 476 g/mol. The molecule has 1 saturated carbocycles. The fourth-order valence-corrected chi connectivity index (χ4v) is 4.58. The molecule has 176 valence electrons. The zero-order valence-electron chi connectivity index (χ0n) is 18.6. The van der Waals surface area contributed by atoms with Gasteiger partial charge in [-0.05, 0) is 36.6 Å². The van der Waals surface area contributed by atoms with Crippen LogP contribution in [0.2, 0.25) is 5.02 Å². The number of carbonyl (C=O) groups is 2. The van der Waals surface area contributed by atoms with Crippen molar-refractivity contribution in [2.75, 3.05) is 39.4 Å². The summed E-state index contributed by atoms with van der Waals surface area (Å²) < 4.78 is 27.2. The minimum Gasteiger partial charge on any atom is -0.495 e. The Kier molecular flexibility index (Phi) is 6.83. The van der Waals surface area contributed by atoms with E-state index in [1.54, 1.807) is 6.07 Å². The fraction of sp³-hybridized carbons (Fsp3) is 0.417. The number of ether oxygens (including phenoxy) is 5. The lowest BCUT2D eigenvalue weighted by atomic mass is 9.78. The molecule has 0 aromatic heterocycles. The molecule has 0 unspecified atom stereocenters. The molecule has 1 fully saturated rings. The van der Waals surface area contributed by atoms with Crippen LogP contribution < -0.4 is 24.3 Å². The number of halogens is 1. The smallest absolute Gasteiger partial charge is 0.317 e. The van der Waals surface area contributed by atoms with Crippen molar-refractivity contribution in [2.24, 2.45) is 0 Å². The molecule has 8 nitrogen and oxygen atoms in total. The van der Waals surface area contributed by atoms with E-state index < -0.39 is 23.9 Å². The number of methoxy groups -OCH3 is 2. The van der Waals surface area contributed by atoms with Crippen molar-refractivity contribution >= 4 is 29.2 Å². The molecule has 0 spiro atoms. The van der Waals surface area contributed by atoms with Crippen LogP contribution in [0.15, 0.2) is 30.3 Å². The number of esters is 1. The Bertz CT molecular complexity index is 1050. The Labute approximate surface area is 197 Å². The van der Waals surface area contributed by atoms with Gasteiger partial charge in [-0.25, -0.2) is 0 Å². The summed E-state index contributed by atoms with van der Waals surface area (Å²) in [5, 5.41) is 2.99. The Morgan fingerprint density at radius 3 is 2.39 bits per heavy atom. The fourth-order valence-electron chi connectivity index (χ4n) is 4.34. The molecule has 0 radical (unpaired) electrons. The van der Waals surface area contributed by atoms with Gasteiger partial charge in [-0.15, -0.1) is 0 Å². The largest absolute Gasteiger partial charge is 0.495 e. The van der Waals surface area contributed by atoms with Crippen molar-refractivity contribution in [1.29, 1.82) is 0 Å². The first-order chi connectivity index (χ1) is 16.0. The standard InChI is InChI=1S/C24H26ClNO7/c1-29-19-13-20(30-2)17(12-16(19)25)26-22(27)14-33-23(28)24(7-3-4-8-24)15-5-6-18-21(11-15)32-10-9-31-18/h5-6,11-13H,3-4,7-10,14H2,1-2H3,(H,26,27). The summed E-state index contributed by atoms with van der Waals surface area (Å²) in [6.07, 6.45) is 3.10. The number of hydrogen-bond donors (Lipinski definition) is 1. The third-order valence-corrected chi connectivity index (χ3v) is 6.32. The van der Waals surface area contributed by atoms with Crippen LogP contribution in [0.3, 0.4) is 0 Å². The summed E-state index contributed by atoms with van der Waals surface area (Å²) in [5.74, 6) is 1.15. The first kappa shape index (κ1) is 23.0. The van der Waals surface area contributed by atoms with Gasteiger partial charge in [0.1, 0.15) is 24.7 Å². The van der Waals surface area contributed by atoms with Crippen molar-refractivity contribution in [3.05, 3.63) is 40.9 Å². The predicted octanol–water partition coefficient (Wildman–Crippen LogP) is 4.12. The summed E-state index contributed by atoms with van der Waals surface area (Å²) in [5.41, 5.74) is 0.363. The first-order valence-electron chi connectivity index (χ1n) is 10.8. The van der Waals surface area contributed by atoms with Crippen LogP contribution in [0.25, 0.3) is 0 Å². The van der Waals surface area contributed by atoms with Gasteiger partial charge in [-0.3, -0.25) is 9.59 Å². The lowest BCUT2D eigenvalue weighted by molar-refractivity contribution is -0.153. The van der Waals surface area contributed by atoms with Crippen LogP contribution in [0.1, 0.15) is 31.2 Å².